The van der Waals surface area contributed by atoms with Gasteiger partial charge in [-0.15, -0.1) is 0 Å². The van der Waals surface area contributed by atoms with Crippen molar-refractivity contribution in [2.45, 2.75) is 26.3 Å². The SMILES string of the molecule is CC(C)CC(CN)NC(=O)c1ccc(C(=O)c2cc[nH]c2)cc1. The molecule has 0 fully saturated rings. The summed E-state index contributed by atoms with van der Waals surface area (Å²) < 4.78 is 0. The molecule has 0 saturated carbocycles. The van der Waals surface area contributed by atoms with Gasteiger partial charge in [0.15, 0.2) is 5.78 Å². The Hall–Kier alpha value is -2.40. The van der Waals surface area contributed by atoms with Crippen LogP contribution in [0.15, 0.2) is 42.7 Å². The topological polar surface area (TPSA) is 88.0 Å². The van der Waals surface area contributed by atoms with E-state index in [1.165, 1.54) is 0 Å². The fourth-order valence-corrected chi connectivity index (χ4v) is 2.46. The van der Waals surface area contributed by atoms with Gasteiger partial charge in [-0.1, -0.05) is 26.0 Å². The zero-order valence-corrected chi connectivity index (χ0v) is 13.5. The minimum Gasteiger partial charge on any atom is -0.367 e. The summed E-state index contributed by atoms with van der Waals surface area (Å²) in [7, 11) is 0. The molecule has 0 spiro atoms. The van der Waals surface area contributed by atoms with Crippen LogP contribution in [0.4, 0.5) is 0 Å². The van der Waals surface area contributed by atoms with Crippen molar-refractivity contribution in [1.82, 2.24) is 10.3 Å². The maximum atomic E-state index is 12.2. The average Bonchev–Trinajstić information content (AvgIpc) is 3.07. The van der Waals surface area contributed by atoms with Crippen LogP contribution in [0, 0.1) is 5.92 Å². The van der Waals surface area contributed by atoms with E-state index in [4.69, 9.17) is 5.73 Å². The van der Waals surface area contributed by atoms with Crippen molar-refractivity contribution in [2.75, 3.05) is 6.54 Å². The molecule has 1 aromatic carbocycles. The summed E-state index contributed by atoms with van der Waals surface area (Å²) in [6.45, 7) is 4.60. The van der Waals surface area contributed by atoms with E-state index in [9.17, 15) is 9.59 Å². The molecular formula is C18H23N3O2. The van der Waals surface area contributed by atoms with Gasteiger partial charge >= 0.3 is 0 Å². The van der Waals surface area contributed by atoms with E-state index < -0.39 is 0 Å². The van der Waals surface area contributed by atoms with Crippen LogP contribution >= 0.6 is 0 Å². The Morgan fingerprint density at radius 2 is 1.74 bits per heavy atom. The number of hydrogen-bond acceptors (Lipinski definition) is 3. The van der Waals surface area contributed by atoms with E-state index in [1.807, 2.05) is 0 Å². The normalized spacial score (nSPS) is 12.2. The molecule has 0 aliphatic carbocycles. The van der Waals surface area contributed by atoms with Gasteiger partial charge in [-0.25, -0.2) is 0 Å². The van der Waals surface area contributed by atoms with E-state index in [1.54, 1.807) is 42.7 Å². The fourth-order valence-electron chi connectivity index (χ4n) is 2.46. The Kier molecular flexibility index (Phi) is 5.71. The van der Waals surface area contributed by atoms with Gasteiger partial charge < -0.3 is 16.0 Å². The molecule has 1 unspecified atom stereocenters. The number of nitrogens with one attached hydrogen (secondary N) is 2. The summed E-state index contributed by atoms with van der Waals surface area (Å²) in [4.78, 5) is 27.3. The molecule has 2 rings (SSSR count). The summed E-state index contributed by atoms with van der Waals surface area (Å²) in [6.07, 6.45) is 4.20. The largest absolute Gasteiger partial charge is 0.367 e. The lowest BCUT2D eigenvalue weighted by Gasteiger charge is -2.18. The molecule has 1 amide bonds. The van der Waals surface area contributed by atoms with E-state index >= 15 is 0 Å². The first-order chi connectivity index (χ1) is 11.0. The Morgan fingerprint density at radius 1 is 1.09 bits per heavy atom. The van der Waals surface area contributed by atoms with Gasteiger partial charge in [0, 0.05) is 41.7 Å². The molecule has 0 bridgehead atoms. The number of ketones is 1. The van der Waals surface area contributed by atoms with Crippen LogP contribution in [0.2, 0.25) is 0 Å². The van der Waals surface area contributed by atoms with Crippen molar-refractivity contribution < 1.29 is 9.59 Å². The molecule has 5 nitrogen and oxygen atoms in total. The van der Waals surface area contributed by atoms with Gasteiger partial charge in [-0.2, -0.15) is 0 Å². The van der Waals surface area contributed by atoms with Crippen molar-refractivity contribution in [3.05, 3.63) is 59.4 Å². The van der Waals surface area contributed by atoms with Gasteiger partial charge in [0.2, 0.25) is 0 Å². The predicted molar refractivity (Wildman–Crippen MR) is 90.4 cm³/mol. The summed E-state index contributed by atoms with van der Waals surface area (Å²) in [5.74, 6) is 0.227. The molecule has 0 radical (unpaired) electrons. The van der Waals surface area contributed by atoms with Crippen molar-refractivity contribution >= 4 is 11.7 Å². The number of amides is 1. The van der Waals surface area contributed by atoms with Gasteiger partial charge in [0.05, 0.1) is 0 Å². The molecule has 0 aliphatic rings. The monoisotopic (exact) mass is 313 g/mol. The molecule has 4 N–H and O–H groups in total. The summed E-state index contributed by atoms with van der Waals surface area (Å²) in [6, 6.07) is 8.36. The number of hydrogen-bond donors (Lipinski definition) is 3. The smallest absolute Gasteiger partial charge is 0.251 e. The van der Waals surface area contributed by atoms with Crippen LogP contribution < -0.4 is 11.1 Å². The number of nitrogens with two attached hydrogens (primary N) is 1. The maximum absolute atomic E-state index is 12.2. The van der Waals surface area contributed by atoms with Crippen molar-refractivity contribution in [3.63, 3.8) is 0 Å². The number of benzene rings is 1. The first-order valence-electron chi connectivity index (χ1n) is 7.79. The lowest BCUT2D eigenvalue weighted by atomic mass is 10.0. The molecule has 5 heteroatoms. The summed E-state index contributed by atoms with van der Waals surface area (Å²) in [5.41, 5.74) is 7.38. The second-order valence-corrected chi connectivity index (χ2v) is 6.04. The van der Waals surface area contributed by atoms with Crippen LogP contribution in [-0.2, 0) is 0 Å². The highest BCUT2D eigenvalue weighted by atomic mass is 16.1. The van der Waals surface area contributed by atoms with Crippen molar-refractivity contribution in [1.29, 1.82) is 0 Å². The molecular weight excluding hydrogens is 290 g/mol. The minimum atomic E-state index is -0.165. The molecule has 0 aliphatic heterocycles. The Bertz CT molecular complexity index is 645. The van der Waals surface area contributed by atoms with E-state index in [0.717, 1.165) is 6.42 Å². The number of rotatable bonds is 7. The highest BCUT2D eigenvalue weighted by molar-refractivity contribution is 6.09. The van der Waals surface area contributed by atoms with E-state index in [-0.39, 0.29) is 17.7 Å². The molecule has 0 saturated heterocycles. The van der Waals surface area contributed by atoms with Crippen LogP contribution in [0.5, 0.6) is 0 Å². The third-order valence-corrected chi connectivity index (χ3v) is 3.65. The number of aromatic nitrogens is 1. The Balaban J connectivity index is 2.04. The molecule has 1 aromatic heterocycles. The molecule has 1 atom stereocenters. The third kappa shape index (κ3) is 4.53. The first-order valence-corrected chi connectivity index (χ1v) is 7.79. The predicted octanol–water partition coefficient (Wildman–Crippen LogP) is 2.35. The maximum Gasteiger partial charge on any atom is 0.251 e. The van der Waals surface area contributed by atoms with Gasteiger partial charge in [0.1, 0.15) is 0 Å². The van der Waals surface area contributed by atoms with Crippen molar-refractivity contribution in [2.24, 2.45) is 11.7 Å². The quantitative estimate of drug-likeness (QED) is 0.686. The lowest BCUT2D eigenvalue weighted by Crippen LogP contribution is -2.41. The van der Waals surface area contributed by atoms with Crippen LogP contribution in [0.1, 0.15) is 46.5 Å². The minimum absolute atomic E-state index is 0.0383. The van der Waals surface area contributed by atoms with Gasteiger partial charge in [0.25, 0.3) is 5.91 Å². The van der Waals surface area contributed by atoms with E-state index in [0.29, 0.717) is 29.2 Å². The number of carbonyl (C=O) groups excluding carboxylic acids is 2. The molecule has 23 heavy (non-hydrogen) atoms. The van der Waals surface area contributed by atoms with Crippen LogP contribution in [0.25, 0.3) is 0 Å². The standard InChI is InChI=1S/C18H23N3O2/c1-12(2)9-16(10-19)21-18(23)14-5-3-13(4-6-14)17(22)15-7-8-20-11-15/h3-8,11-12,16,20H,9-10,19H2,1-2H3,(H,21,23). The highest BCUT2D eigenvalue weighted by Gasteiger charge is 2.15. The van der Waals surface area contributed by atoms with Crippen LogP contribution in [0.3, 0.4) is 0 Å². The second-order valence-electron chi connectivity index (χ2n) is 6.04. The molecule has 122 valence electrons. The lowest BCUT2D eigenvalue weighted by molar-refractivity contribution is 0.0932. The summed E-state index contributed by atoms with van der Waals surface area (Å²) in [5, 5.41) is 2.94. The number of aromatic amines is 1. The Labute approximate surface area is 136 Å². The van der Waals surface area contributed by atoms with Crippen LogP contribution in [-0.4, -0.2) is 29.3 Å². The zero-order chi connectivity index (χ0) is 16.8. The average molecular weight is 313 g/mol. The molecule has 2 aromatic rings. The fraction of sp³-hybridized carbons (Fsp3) is 0.333. The van der Waals surface area contributed by atoms with Gasteiger partial charge in [-0.05, 0) is 30.5 Å². The number of carbonyl (C=O) groups is 2. The second kappa shape index (κ2) is 7.74. The first kappa shape index (κ1) is 17.0. The Morgan fingerprint density at radius 3 is 2.26 bits per heavy atom. The molecule has 1 heterocycles. The summed E-state index contributed by atoms with van der Waals surface area (Å²) >= 11 is 0. The van der Waals surface area contributed by atoms with Crippen molar-refractivity contribution in [3.8, 4) is 0 Å². The van der Waals surface area contributed by atoms with Gasteiger partial charge in [-0.3, -0.25) is 9.59 Å². The third-order valence-electron chi connectivity index (χ3n) is 3.65. The zero-order valence-electron chi connectivity index (χ0n) is 13.5. The number of H-pyrrole nitrogens is 1. The highest BCUT2D eigenvalue weighted by Crippen LogP contribution is 2.11. The van der Waals surface area contributed by atoms with E-state index in [2.05, 4.69) is 24.1 Å².